The fraction of sp³-hybridized carbons (Fsp3) is 0.719. The Kier molecular flexibility index (Phi) is 7.28. The molecule has 1 aromatic carbocycles. The van der Waals surface area contributed by atoms with Crippen molar-refractivity contribution in [1.29, 1.82) is 0 Å². The summed E-state index contributed by atoms with van der Waals surface area (Å²) in [6.07, 6.45) is 9.31. The van der Waals surface area contributed by atoms with Gasteiger partial charge in [0, 0.05) is 18.3 Å². The summed E-state index contributed by atoms with van der Waals surface area (Å²) in [7, 11) is 1.45. The van der Waals surface area contributed by atoms with Crippen LogP contribution in [0.25, 0.3) is 0 Å². The highest BCUT2D eigenvalue weighted by atomic mass is 16.5. The van der Waals surface area contributed by atoms with Crippen LogP contribution in [0.1, 0.15) is 95.3 Å². The van der Waals surface area contributed by atoms with Gasteiger partial charge in [-0.25, -0.2) is 4.79 Å². The summed E-state index contributed by atoms with van der Waals surface area (Å²) < 4.78 is 10.8. The van der Waals surface area contributed by atoms with E-state index in [1.807, 2.05) is 30.3 Å². The highest BCUT2D eigenvalue weighted by Gasteiger charge is 2.64. The molecule has 0 amide bonds. The van der Waals surface area contributed by atoms with Crippen LogP contribution in [0.3, 0.4) is 0 Å². The number of rotatable bonds is 6. The first kappa shape index (κ1) is 26.4. The molecule has 4 aliphatic carbocycles. The molecule has 0 spiro atoms. The molecule has 0 aliphatic heterocycles. The van der Waals surface area contributed by atoms with Crippen molar-refractivity contribution >= 4 is 17.7 Å². The summed E-state index contributed by atoms with van der Waals surface area (Å²) in [5.41, 5.74) is 0.500. The first-order chi connectivity index (χ1) is 17.7. The molecule has 0 unspecified atom stereocenters. The highest BCUT2D eigenvalue weighted by molar-refractivity contribution is 5.89. The Morgan fingerprint density at radius 2 is 1.78 bits per heavy atom. The van der Waals surface area contributed by atoms with Crippen LogP contribution in [0.2, 0.25) is 0 Å². The Morgan fingerprint density at radius 1 is 1.03 bits per heavy atom. The maximum atomic E-state index is 14.0. The molecule has 202 valence electrons. The molecule has 9 atom stereocenters. The number of esters is 2. The third-order valence-electron chi connectivity index (χ3n) is 11.6. The van der Waals surface area contributed by atoms with Gasteiger partial charge in [0.05, 0.1) is 12.7 Å². The Bertz CT molecular complexity index is 1020. The summed E-state index contributed by atoms with van der Waals surface area (Å²) in [5, 5.41) is 0. The van der Waals surface area contributed by atoms with Crippen molar-refractivity contribution in [1.82, 2.24) is 0 Å². The minimum Gasteiger partial charge on any atom is -0.469 e. The second-order valence-electron chi connectivity index (χ2n) is 13.0. The minimum atomic E-state index is -0.262. The van der Waals surface area contributed by atoms with Gasteiger partial charge in [-0.3, -0.25) is 9.59 Å². The fourth-order valence-corrected chi connectivity index (χ4v) is 9.42. The zero-order valence-corrected chi connectivity index (χ0v) is 23.0. The Balaban J connectivity index is 1.27. The maximum absolute atomic E-state index is 14.0. The van der Waals surface area contributed by atoms with Crippen molar-refractivity contribution in [2.45, 2.75) is 91.1 Å². The van der Waals surface area contributed by atoms with E-state index in [2.05, 4.69) is 20.8 Å². The van der Waals surface area contributed by atoms with E-state index < -0.39 is 0 Å². The molecule has 0 heterocycles. The molecule has 1 aromatic rings. The molecular formula is C32H44O5. The predicted octanol–water partition coefficient (Wildman–Crippen LogP) is 6.64. The number of ketones is 1. The van der Waals surface area contributed by atoms with Gasteiger partial charge >= 0.3 is 11.9 Å². The third-order valence-corrected chi connectivity index (χ3v) is 11.6. The second kappa shape index (κ2) is 10.2. The number of fused-ring (bicyclic) bond motifs is 5. The fourth-order valence-electron chi connectivity index (χ4n) is 9.42. The molecule has 0 N–H and O–H groups in total. The van der Waals surface area contributed by atoms with Gasteiger partial charge in [0.15, 0.2) is 0 Å². The van der Waals surface area contributed by atoms with Crippen LogP contribution in [0, 0.1) is 46.3 Å². The van der Waals surface area contributed by atoms with E-state index >= 15 is 0 Å². The van der Waals surface area contributed by atoms with Crippen molar-refractivity contribution in [3.8, 4) is 0 Å². The molecule has 5 rings (SSSR count). The monoisotopic (exact) mass is 508 g/mol. The van der Waals surface area contributed by atoms with Crippen LogP contribution in [-0.4, -0.2) is 30.9 Å². The average Bonchev–Trinajstić information content (AvgIpc) is 3.27. The predicted molar refractivity (Wildman–Crippen MR) is 142 cm³/mol. The number of carbonyl (C=O) groups excluding carboxylic acids is 3. The lowest BCUT2D eigenvalue weighted by atomic mass is 9.44. The lowest BCUT2D eigenvalue weighted by molar-refractivity contribution is -0.160. The SMILES string of the molecule is COC(=O)CC[C@H](C)[C@@H]1CC[C@@H]2[C@@H]3CC[C@H]4C[C@H](OC(=O)c5ccccc5)CC[C@]4(C)[C@@H]3CC(=O)[C@@]21C. The van der Waals surface area contributed by atoms with Crippen molar-refractivity contribution in [2.75, 3.05) is 7.11 Å². The average molecular weight is 509 g/mol. The summed E-state index contributed by atoms with van der Waals surface area (Å²) in [4.78, 5) is 38.4. The van der Waals surface area contributed by atoms with E-state index in [-0.39, 0.29) is 28.9 Å². The second-order valence-corrected chi connectivity index (χ2v) is 13.0. The molecule has 4 saturated carbocycles. The van der Waals surface area contributed by atoms with E-state index in [0.717, 1.165) is 38.5 Å². The molecule has 4 aliphatic rings. The lowest BCUT2D eigenvalue weighted by Gasteiger charge is -2.60. The van der Waals surface area contributed by atoms with Gasteiger partial charge in [0.1, 0.15) is 11.9 Å². The Morgan fingerprint density at radius 3 is 2.51 bits per heavy atom. The van der Waals surface area contributed by atoms with Crippen LogP contribution < -0.4 is 0 Å². The number of Topliss-reactive ketones (excluding diaryl/α,β-unsaturated/α-hetero) is 1. The quantitative estimate of drug-likeness (QED) is 0.403. The molecule has 5 nitrogen and oxygen atoms in total. The molecule has 0 bridgehead atoms. The first-order valence-corrected chi connectivity index (χ1v) is 14.5. The van der Waals surface area contributed by atoms with Crippen molar-refractivity contribution in [2.24, 2.45) is 46.3 Å². The van der Waals surface area contributed by atoms with Crippen molar-refractivity contribution in [3.63, 3.8) is 0 Å². The van der Waals surface area contributed by atoms with E-state index in [1.165, 1.54) is 20.0 Å². The molecular weight excluding hydrogens is 464 g/mol. The van der Waals surface area contributed by atoms with Crippen LogP contribution in [-0.2, 0) is 19.1 Å². The molecule has 0 aromatic heterocycles. The number of ether oxygens (including phenoxy) is 2. The molecule has 37 heavy (non-hydrogen) atoms. The Labute approximate surface area is 222 Å². The topological polar surface area (TPSA) is 69.7 Å². The zero-order chi connectivity index (χ0) is 26.4. The lowest BCUT2D eigenvalue weighted by Crippen LogP contribution is -2.57. The normalized spacial score (nSPS) is 39.6. The summed E-state index contributed by atoms with van der Waals surface area (Å²) in [6, 6.07) is 9.29. The van der Waals surface area contributed by atoms with Crippen molar-refractivity contribution in [3.05, 3.63) is 35.9 Å². The standard InChI is InChI=1S/C32H44O5/c1-20(10-15-29(34)36-4)25-13-14-26-24-12-11-22-18-23(37-30(35)21-8-6-5-7-9-21)16-17-31(22,2)27(24)19-28(33)32(25,26)3/h5-9,20,22-27H,10-19H2,1-4H3/t20-,22-,23+,24-,25-,26+,27+,31-,32+/m0/s1. The molecule has 4 fully saturated rings. The van der Waals surface area contributed by atoms with Crippen LogP contribution in [0.4, 0.5) is 0 Å². The number of hydrogen-bond donors (Lipinski definition) is 0. The van der Waals surface area contributed by atoms with Gasteiger partial charge in [-0.05, 0) is 104 Å². The third kappa shape index (κ3) is 4.55. The number of carbonyl (C=O) groups is 3. The molecule has 5 heteroatoms. The van der Waals surface area contributed by atoms with Gasteiger partial charge < -0.3 is 9.47 Å². The first-order valence-electron chi connectivity index (χ1n) is 14.5. The molecule has 0 saturated heterocycles. The number of methoxy groups -OCH3 is 1. The molecule has 0 radical (unpaired) electrons. The summed E-state index contributed by atoms with van der Waals surface area (Å²) >= 11 is 0. The van der Waals surface area contributed by atoms with Crippen LogP contribution >= 0.6 is 0 Å². The smallest absolute Gasteiger partial charge is 0.338 e. The van der Waals surface area contributed by atoms with Gasteiger partial charge in [0.25, 0.3) is 0 Å². The van der Waals surface area contributed by atoms with Gasteiger partial charge in [0.2, 0.25) is 0 Å². The van der Waals surface area contributed by atoms with Gasteiger partial charge in [-0.15, -0.1) is 0 Å². The Hall–Kier alpha value is -2.17. The maximum Gasteiger partial charge on any atom is 0.338 e. The van der Waals surface area contributed by atoms with Crippen molar-refractivity contribution < 1.29 is 23.9 Å². The zero-order valence-electron chi connectivity index (χ0n) is 23.0. The minimum absolute atomic E-state index is 0.0292. The van der Waals surface area contributed by atoms with Gasteiger partial charge in [-0.2, -0.15) is 0 Å². The van der Waals surface area contributed by atoms with E-state index in [4.69, 9.17) is 9.47 Å². The van der Waals surface area contributed by atoms with E-state index in [1.54, 1.807) is 0 Å². The van der Waals surface area contributed by atoms with E-state index in [9.17, 15) is 14.4 Å². The van der Waals surface area contributed by atoms with Crippen LogP contribution in [0.15, 0.2) is 30.3 Å². The number of hydrogen-bond acceptors (Lipinski definition) is 5. The number of benzene rings is 1. The summed E-state index contributed by atoms with van der Waals surface area (Å²) in [5.74, 6) is 2.79. The highest BCUT2D eigenvalue weighted by Crippen LogP contribution is 2.67. The van der Waals surface area contributed by atoms with Gasteiger partial charge in [-0.1, -0.05) is 39.0 Å². The van der Waals surface area contributed by atoms with E-state index in [0.29, 0.717) is 59.7 Å². The summed E-state index contributed by atoms with van der Waals surface area (Å²) in [6.45, 7) is 6.93. The largest absolute Gasteiger partial charge is 0.469 e. The van der Waals surface area contributed by atoms with Crippen LogP contribution in [0.5, 0.6) is 0 Å².